The van der Waals surface area contributed by atoms with Gasteiger partial charge in [0.2, 0.25) is 5.75 Å². The second-order valence-corrected chi connectivity index (χ2v) is 7.44. The minimum Gasteiger partial charge on any atom is -0.508 e. The summed E-state index contributed by atoms with van der Waals surface area (Å²) >= 11 is 0. The molecule has 0 amide bonds. The van der Waals surface area contributed by atoms with Crippen LogP contribution < -0.4 is 9.47 Å². The van der Waals surface area contributed by atoms with Gasteiger partial charge in [-0.25, -0.2) is 4.79 Å². The highest BCUT2D eigenvalue weighted by Crippen LogP contribution is 2.45. The maximum Gasteiger partial charge on any atom is 0.338 e. The van der Waals surface area contributed by atoms with Crippen molar-refractivity contribution in [2.45, 2.75) is 18.6 Å². The Bertz CT molecular complexity index is 1210. The molecule has 6 N–H and O–H groups in total. The van der Waals surface area contributed by atoms with Gasteiger partial charge in [0, 0.05) is 23.6 Å². The normalized spacial score (nSPS) is 17.0. The zero-order chi connectivity index (χ0) is 23.9. The summed E-state index contributed by atoms with van der Waals surface area (Å²) in [6, 6.07) is 8.50. The molecule has 172 valence electrons. The molecule has 0 fully saturated rings. The lowest BCUT2D eigenvalue weighted by molar-refractivity contribution is -0.0191. The highest BCUT2D eigenvalue weighted by atomic mass is 16.6. The van der Waals surface area contributed by atoms with Crippen LogP contribution in [0.4, 0.5) is 0 Å². The third-order valence-electron chi connectivity index (χ3n) is 5.21. The Labute approximate surface area is 187 Å². The molecule has 1 aliphatic heterocycles. The Balaban J connectivity index is 1.71. The van der Waals surface area contributed by atoms with E-state index in [2.05, 4.69) is 0 Å². The van der Waals surface area contributed by atoms with E-state index >= 15 is 0 Å². The summed E-state index contributed by atoms with van der Waals surface area (Å²) < 4.78 is 16.3. The molecule has 0 aliphatic carbocycles. The van der Waals surface area contributed by atoms with Crippen molar-refractivity contribution in [3.05, 3.63) is 59.2 Å². The van der Waals surface area contributed by atoms with Gasteiger partial charge in [0.1, 0.15) is 11.9 Å². The average Bonchev–Trinajstić information content (AvgIpc) is 2.75. The van der Waals surface area contributed by atoms with E-state index in [0.29, 0.717) is 11.1 Å². The molecule has 0 bridgehead atoms. The highest BCUT2D eigenvalue weighted by Gasteiger charge is 2.37. The van der Waals surface area contributed by atoms with E-state index in [1.807, 2.05) is 0 Å². The van der Waals surface area contributed by atoms with Gasteiger partial charge in [-0.05, 0) is 30.3 Å². The van der Waals surface area contributed by atoms with Gasteiger partial charge in [-0.15, -0.1) is 0 Å². The second-order valence-electron chi connectivity index (χ2n) is 7.44. The average molecular weight is 456 g/mol. The molecule has 0 spiro atoms. The molecule has 0 aromatic heterocycles. The lowest BCUT2D eigenvalue weighted by Crippen LogP contribution is -2.34. The predicted octanol–water partition coefficient (Wildman–Crippen LogP) is 2.83. The first kappa shape index (κ1) is 21.8. The third-order valence-corrected chi connectivity index (χ3v) is 5.21. The maximum atomic E-state index is 12.8. The molecule has 0 radical (unpaired) electrons. The number of phenols is 6. The molecule has 33 heavy (non-hydrogen) atoms. The molecule has 0 saturated carbocycles. The molecule has 0 saturated heterocycles. The molecule has 10 heteroatoms. The molecule has 3 aromatic rings. The number of methoxy groups -OCH3 is 1. The van der Waals surface area contributed by atoms with Crippen LogP contribution in [0.5, 0.6) is 46.0 Å². The first-order valence-electron chi connectivity index (χ1n) is 9.72. The number of esters is 1. The molecule has 1 aliphatic rings. The first-order chi connectivity index (χ1) is 15.7. The van der Waals surface area contributed by atoms with Crippen LogP contribution in [0, 0.1) is 0 Å². The van der Waals surface area contributed by atoms with E-state index in [1.165, 1.54) is 31.4 Å². The van der Waals surface area contributed by atoms with E-state index in [-0.39, 0.29) is 40.7 Å². The fourth-order valence-electron chi connectivity index (χ4n) is 3.70. The summed E-state index contributed by atoms with van der Waals surface area (Å²) in [6.07, 6.45) is -2.01. The molecule has 4 rings (SSSR count). The van der Waals surface area contributed by atoms with Crippen LogP contribution in [-0.4, -0.2) is 49.8 Å². The Kier molecular flexibility index (Phi) is 5.42. The van der Waals surface area contributed by atoms with Crippen molar-refractivity contribution >= 4 is 5.97 Å². The number of fused-ring (bicyclic) bond motifs is 1. The topological polar surface area (TPSA) is 166 Å². The lowest BCUT2D eigenvalue weighted by atomic mass is 9.93. The fourth-order valence-corrected chi connectivity index (χ4v) is 3.70. The van der Waals surface area contributed by atoms with Crippen molar-refractivity contribution in [3.63, 3.8) is 0 Å². The zero-order valence-electron chi connectivity index (χ0n) is 17.2. The van der Waals surface area contributed by atoms with Gasteiger partial charge < -0.3 is 44.8 Å². The van der Waals surface area contributed by atoms with Gasteiger partial charge in [-0.2, -0.15) is 0 Å². The standard InChI is InChI=1S/C23H20O10/c1-31-22-16(27)6-12(7-17(22)28)23(30)32-19-8-11-4-13(24)9-18(29)20(11)33-21(19)10-2-3-14(25)15(26)5-10/h2-7,9,19,21,24-29H,8H2,1H3. The number of phenolic OH excluding ortho intramolecular Hbond substituents is 6. The van der Waals surface area contributed by atoms with E-state index in [4.69, 9.17) is 14.2 Å². The van der Waals surface area contributed by atoms with E-state index in [9.17, 15) is 35.4 Å². The smallest absolute Gasteiger partial charge is 0.338 e. The largest absolute Gasteiger partial charge is 0.508 e. The number of rotatable bonds is 4. The van der Waals surface area contributed by atoms with Crippen LogP contribution in [0.1, 0.15) is 27.6 Å². The van der Waals surface area contributed by atoms with Crippen LogP contribution in [0.3, 0.4) is 0 Å². The van der Waals surface area contributed by atoms with Gasteiger partial charge in [0.15, 0.2) is 40.6 Å². The number of benzene rings is 3. The molecular weight excluding hydrogens is 436 g/mol. The summed E-state index contributed by atoms with van der Waals surface area (Å²) in [4.78, 5) is 12.8. The van der Waals surface area contributed by atoms with Gasteiger partial charge in [-0.1, -0.05) is 6.07 Å². The Morgan fingerprint density at radius 3 is 2.21 bits per heavy atom. The quantitative estimate of drug-likeness (QED) is 0.254. The minimum atomic E-state index is -1.01. The van der Waals surface area contributed by atoms with Crippen LogP contribution in [0.25, 0.3) is 0 Å². The summed E-state index contributed by atoms with van der Waals surface area (Å²) in [7, 11) is 1.24. The van der Waals surface area contributed by atoms with Gasteiger partial charge >= 0.3 is 5.97 Å². The Morgan fingerprint density at radius 2 is 1.58 bits per heavy atom. The van der Waals surface area contributed by atoms with Gasteiger partial charge in [-0.3, -0.25) is 0 Å². The summed E-state index contributed by atoms with van der Waals surface area (Å²) in [6.45, 7) is 0. The SMILES string of the molecule is COc1c(O)cc(C(=O)OC2Cc3cc(O)cc(O)c3OC2c2ccc(O)c(O)c2)cc1O. The van der Waals surface area contributed by atoms with E-state index < -0.39 is 35.4 Å². The fraction of sp³-hybridized carbons (Fsp3) is 0.174. The molecule has 10 nitrogen and oxygen atoms in total. The summed E-state index contributed by atoms with van der Waals surface area (Å²) in [5.74, 6) is -3.31. The number of hydrogen-bond acceptors (Lipinski definition) is 10. The van der Waals surface area contributed by atoms with Crippen LogP contribution in [-0.2, 0) is 11.2 Å². The van der Waals surface area contributed by atoms with E-state index in [0.717, 1.165) is 18.2 Å². The molecule has 3 aromatic carbocycles. The number of ether oxygens (including phenoxy) is 3. The lowest BCUT2D eigenvalue weighted by Gasteiger charge is -2.34. The van der Waals surface area contributed by atoms with Crippen molar-refractivity contribution in [1.29, 1.82) is 0 Å². The van der Waals surface area contributed by atoms with Gasteiger partial charge in [0.25, 0.3) is 0 Å². The van der Waals surface area contributed by atoms with Crippen molar-refractivity contribution in [2.24, 2.45) is 0 Å². The number of carbonyl (C=O) groups excluding carboxylic acids is 1. The first-order valence-corrected chi connectivity index (χ1v) is 9.72. The minimum absolute atomic E-state index is 0.0173. The molecule has 1 heterocycles. The maximum absolute atomic E-state index is 12.8. The second kappa shape index (κ2) is 8.23. The van der Waals surface area contributed by atoms with Crippen LogP contribution in [0.2, 0.25) is 0 Å². The monoisotopic (exact) mass is 456 g/mol. The summed E-state index contributed by atoms with van der Waals surface area (Å²) in [5.41, 5.74) is 0.536. The van der Waals surface area contributed by atoms with Crippen LogP contribution in [0.15, 0.2) is 42.5 Å². The Morgan fingerprint density at radius 1 is 0.879 bits per heavy atom. The van der Waals surface area contributed by atoms with Crippen molar-refractivity contribution in [2.75, 3.05) is 7.11 Å². The van der Waals surface area contributed by atoms with Gasteiger partial charge in [0.05, 0.1) is 12.7 Å². The van der Waals surface area contributed by atoms with Crippen molar-refractivity contribution in [1.82, 2.24) is 0 Å². The molecular formula is C23H20O10. The van der Waals surface area contributed by atoms with Crippen molar-refractivity contribution in [3.8, 4) is 46.0 Å². The van der Waals surface area contributed by atoms with E-state index in [1.54, 1.807) is 0 Å². The highest BCUT2D eigenvalue weighted by molar-refractivity contribution is 5.91. The number of hydrogen-bond donors (Lipinski definition) is 6. The third kappa shape index (κ3) is 4.05. The summed E-state index contributed by atoms with van der Waals surface area (Å²) in [5, 5.41) is 59.5. The van der Waals surface area contributed by atoms with Crippen LogP contribution >= 0.6 is 0 Å². The number of aromatic hydroxyl groups is 6. The molecule has 2 atom stereocenters. The molecule has 2 unspecified atom stereocenters. The zero-order valence-corrected chi connectivity index (χ0v) is 17.2. The Hall–Kier alpha value is -4.47. The predicted molar refractivity (Wildman–Crippen MR) is 112 cm³/mol. The number of carbonyl (C=O) groups is 1. The van der Waals surface area contributed by atoms with Crippen molar-refractivity contribution < 1.29 is 49.6 Å².